The predicted octanol–water partition coefficient (Wildman–Crippen LogP) is 1.93. The molecule has 1 amide bonds. The van der Waals surface area contributed by atoms with Gasteiger partial charge in [-0.15, -0.1) is 0 Å². The van der Waals surface area contributed by atoms with Crippen molar-refractivity contribution in [3.63, 3.8) is 0 Å². The van der Waals surface area contributed by atoms with Gasteiger partial charge in [-0.2, -0.15) is 4.98 Å². The van der Waals surface area contributed by atoms with Crippen LogP contribution >= 0.6 is 0 Å². The van der Waals surface area contributed by atoms with E-state index in [4.69, 9.17) is 4.52 Å². The van der Waals surface area contributed by atoms with Gasteiger partial charge < -0.3 is 9.42 Å². The Kier molecular flexibility index (Phi) is 4.66. The van der Waals surface area contributed by atoms with Crippen LogP contribution in [0.1, 0.15) is 19.2 Å². The Morgan fingerprint density at radius 3 is 2.78 bits per heavy atom. The average Bonchev–Trinajstić information content (AvgIpc) is 3.03. The Morgan fingerprint density at radius 2 is 2.09 bits per heavy atom. The molecule has 1 aliphatic rings. The molecule has 2 heterocycles. The molecule has 122 valence electrons. The van der Waals surface area contributed by atoms with Crippen LogP contribution in [0.2, 0.25) is 0 Å². The van der Waals surface area contributed by atoms with Crippen molar-refractivity contribution in [2.24, 2.45) is 0 Å². The quantitative estimate of drug-likeness (QED) is 0.862. The third-order valence-corrected chi connectivity index (χ3v) is 3.93. The van der Waals surface area contributed by atoms with Crippen LogP contribution in [0, 0.1) is 5.82 Å². The summed E-state index contributed by atoms with van der Waals surface area (Å²) in [6, 6.07) is 6.08. The Hall–Kier alpha value is -2.28. The van der Waals surface area contributed by atoms with Gasteiger partial charge in [0.15, 0.2) is 5.82 Å². The minimum absolute atomic E-state index is 0.192. The monoisotopic (exact) mass is 318 g/mol. The molecule has 23 heavy (non-hydrogen) atoms. The van der Waals surface area contributed by atoms with E-state index in [1.807, 2.05) is 11.8 Å². The van der Waals surface area contributed by atoms with Crippen molar-refractivity contribution in [1.29, 1.82) is 0 Å². The summed E-state index contributed by atoms with van der Waals surface area (Å²) in [5, 5.41) is 3.96. The second-order valence-electron chi connectivity index (χ2n) is 5.54. The van der Waals surface area contributed by atoms with Gasteiger partial charge >= 0.3 is 0 Å². The maximum Gasteiger partial charge on any atom is 0.258 e. The Morgan fingerprint density at radius 1 is 1.30 bits per heavy atom. The molecule has 0 atom stereocenters. The standard InChI is InChI=1S/C16H19FN4O2/c1-2-15(22)21-8-6-20(7-9-21)11-14-18-16(23-19-14)12-4-3-5-13(17)10-12/h3-5,10H,2,6-9,11H2,1H3. The number of amides is 1. The van der Waals surface area contributed by atoms with Gasteiger partial charge in [0.25, 0.3) is 5.89 Å². The number of carbonyl (C=O) groups is 1. The summed E-state index contributed by atoms with van der Waals surface area (Å²) < 4.78 is 18.4. The first-order valence-corrected chi connectivity index (χ1v) is 7.74. The van der Waals surface area contributed by atoms with E-state index in [0.29, 0.717) is 30.2 Å². The van der Waals surface area contributed by atoms with E-state index in [1.54, 1.807) is 12.1 Å². The third kappa shape index (κ3) is 3.73. The highest BCUT2D eigenvalue weighted by Crippen LogP contribution is 2.18. The van der Waals surface area contributed by atoms with Crippen LogP contribution in [-0.2, 0) is 11.3 Å². The van der Waals surface area contributed by atoms with Gasteiger partial charge in [0, 0.05) is 38.2 Å². The summed E-state index contributed by atoms with van der Waals surface area (Å²) in [5.74, 6) is 0.746. The molecule has 7 heteroatoms. The maximum atomic E-state index is 13.2. The van der Waals surface area contributed by atoms with Gasteiger partial charge in [-0.3, -0.25) is 9.69 Å². The number of rotatable bonds is 4. The Labute approximate surface area is 133 Å². The molecule has 0 radical (unpaired) electrons. The van der Waals surface area contributed by atoms with E-state index in [9.17, 15) is 9.18 Å². The van der Waals surface area contributed by atoms with Gasteiger partial charge in [0.1, 0.15) is 5.82 Å². The van der Waals surface area contributed by atoms with E-state index < -0.39 is 0 Å². The molecule has 3 rings (SSSR count). The van der Waals surface area contributed by atoms with Gasteiger partial charge in [0.2, 0.25) is 5.91 Å². The maximum absolute atomic E-state index is 13.2. The summed E-state index contributed by atoms with van der Waals surface area (Å²) in [7, 11) is 0. The van der Waals surface area contributed by atoms with E-state index in [-0.39, 0.29) is 11.7 Å². The fourth-order valence-corrected chi connectivity index (χ4v) is 2.64. The van der Waals surface area contributed by atoms with Gasteiger partial charge in [0.05, 0.1) is 6.54 Å². The van der Waals surface area contributed by atoms with E-state index >= 15 is 0 Å². The number of carbonyl (C=O) groups excluding carboxylic acids is 1. The van der Waals surface area contributed by atoms with Gasteiger partial charge in [-0.25, -0.2) is 4.39 Å². The molecule has 0 aliphatic carbocycles. The lowest BCUT2D eigenvalue weighted by molar-refractivity contribution is -0.132. The van der Waals surface area contributed by atoms with Crippen LogP contribution in [0.25, 0.3) is 11.5 Å². The number of benzene rings is 1. The van der Waals surface area contributed by atoms with Crippen molar-refractivity contribution in [2.45, 2.75) is 19.9 Å². The Bertz CT molecular complexity index is 680. The summed E-state index contributed by atoms with van der Waals surface area (Å²) in [6.45, 7) is 5.46. The second-order valence-corrected chi connectivity index (χ2v) is 5.54. The van der Waals surface area contributed by atoms with Crippen LogP contribution in [0.4, 0.5) is 4.39 Å². The smallest absolute Gasteiger partial charge is 0.258 e. The molecule has 1 aromatic carbocycles. The first kappa shape index (κ1) is 15.6. The third-order valence-electron chi connectivity index (χ3n) is 3.93. The molecule has 6 nitrogen and oxygen atoms in total. The molecule has 0 saturated carbocycles. The lowest BCUT2D eigenvalue weighted by atomic mass is 10.2. The molecule has 2 aromatic rings. The lowest BCUT2D eigenvalue weighted by Crippen LogP contribution is -2.48. The van der Waals surface area contributed by atoms with Crippen LogP contribution in [0.5, 0.6) is 0 Å². The molecular formula is C16H19FN4O2. The molecule has 1 aromatic heterocycles. The van der Waals surface area contributed by atoms with Crippen LogP contribution in [-0.4, -0.2) is 52.0 Å². The van der Waals surface area contributed by atoms with Crippen molar-refractivity contribution in [1.82, 2.24) is 19.9 Å². The highest BCUT2D eigenvalue weighted by atomic mass is 19.1. The topological polar surface area (TPSA) is 62.5 Å². The summed E-state index contributed by atoms with van der Waals surface area (Å²) in [4.78, 5) is 20.0. The van der Waals surface area contributed by atoms with Crippen molar-refractivity contribution in [3.05, 3.63) is 35.9 Å². The zero-order chi connectivity index (χ0) is 16.2. The zero-order valence-corrected chi connectivity index (χ0v) is 13.0. The summed E-state index contributed by atoms with van der Waals surface area (Å²) in [6.07, 6.45) is 0.543. The van der Waals surface area contributed by atoms with Crippen molar-refractivity contribution >= 4 is 5.91 Å². The number of piperazine rings is 1. The number of hydrogen-bond donors (Lipinski definition) is 0. The first-order chi connectivity index (χ1) is 11.2. The van der Waals surface area contributed by atoms with Crippen molar-refractivity contribution in [2.75, 3.05) is 26.2 Å². The molecule has 1 saturated heterocycles. The van der Waals surface area contributed by atoms with E-state index in [0.717, 1.165) is 26.2 Å². The first-order valence-electron chi connectivity index (χ1n) is 7.74. The van der Waals surface area contributed by atoms with Crippen molar-refractivity contribution < 1.29 is 13.7 Å². The van der Waals surface area contributed by atoms with Crippen LogP contribution in [0.3, 0.4) is 0 Å². The predicted molar refractivity (Wildman–Crippen MR) is 81.8 cm³/mol. The normalized spacial score (nSPS) is 15.8. The number of nitrogens with zero attached hydrogens (tertiary/aromatic N) is 4. The molecule has 1 fully saturated rings. The van der Waals surface area contributed by atoms with Gasteiger partial charge in [-0.05, 0) is 18.2 Å². The fourth-order valence-electron chi connectivity index (χ4n) is 2.64. The highest BCUT2D eigenvalue weighted by Gasteiger charge is 2.21. The minimum Gasteiger partial charge on any atom is -0.340 e. The average molecular weight is 318 g/mol. The second kappa shape index (κ2) is 6.87. The number of hydrogen-bond acceptors (Lipinski definition) is 5. The SMILES string of the molecule is CCC(=O)N1CCN(Cc2noc(-c3cccc(F)c3)n2)CC1. The molecule has 0 spiro atoms. The largest absolute Gasteiger partial charge is 0.340 e. The molecule has 0 unspecified atom stereocenters. The fraction of sp³-hybridized carbons (Fsp3) is 0.438. The minimum atomic E-state index is -0.334. The van der Waals surface area contributed by atoms with E-state index in [1.165, 1.54) is 12.1 Å². The number of aromatic nitrogens is 2. The van der Waals surface area contributed by atoms with Crippen molar-refractivity contribution in [3.8, 4) is 11.5 Å². The van der Waals surface area contributed by atoms with E-state index in [2.05, 4.69) is 15.0 Å². The lowest BCUT2D eigenvalue weighted by Gasteiger charge is -2.33. The summed E-state index contributed by atoms with van der Waals surface area (Å²) in [5.41, 5.74) is 0.571. The highest BCUT2D eigenvalue weighted by molar-refractivity contribution is 5.75. The molecule has 0 N–H and O–H groups in total. The Balaban J connectivity index is 1.59. The molecular weight excluding hydrogens is 299 g/mol. The molecule has 1 aliphatic heterocycles. The zero-order valence-electron chi connectivity index (χ0n) is 13.0. The van der Waals surface area contributed by atoms with Gasteiger partial charge in [-0.1, -0.05) is 18.1 Å². The van der Waals surface area contributed by atoms with Crippen LogP contribution in [0.15, 0.2) is 28.8 Å². The molecule has 0 bridgehead atoms. The van der Waals surface area contributed by atoms with Crippen LogP contribution < -0.4 is 0 Å². The summed E-state index contributed by atoms with van der Waals surface area (Å²) >= 11 is 0. The number of halogens is 1.